The molecule has 1 rings (SSSR count). The van der Waals surface area contributed by atoms with Gasteiger partial charge in [0.2, 0.25) is 0 Å². The topological polar surface area (TPSA) is 54.4 Å². The van der Waals surface area contributed by atoms with E-state index in [4.69, 9.17) is 0 Å². The molecule has 0 saturated carbocycles. The Morgan fingerprint density at radius 2 is 1.92 bits per heavy atom. The fourth-order valence-electron chi connectivity index (χ4n) is 1.44. The van der Waals surface area contributed by atoms with Crippen molar-refractivity contribution in [1.29, 1.82) is 0 Å². The van der Waals surface area contributed by atoms with Crippen molar-refractivity contribution in [2.24, 2.45) is 5.92 Å². The molecule has 4 heteroatoms. The highest BCUT2D eigenvalue weighted by Crippen LogP contribution is 2.22. The third-order valence-corrected chi connectivity index (χ3v) is 4.04. The van der Waals surface area contributed by atoms with Crippen LogP contribution in [0.5, 0.6) is 0 Å². The number of hydrogen-bond donors (Lipinski definition) is 1. The van der Waals surface area contributed by atoms with E-state index in [-0.39, 0.29) is 17.4 Å². The summed E-state index contributed by atoms with van der Waals surface area (Å²) >= 11 is 0. The normalized spacial score (nSPS) is 26.4. The summed E-state index contributed by atoms with van der Waals surface area (Å²) in [6, 6.07) is 0. The summed E-state index contributed by atoms with van der Waals surface area (Å²) in [6.07, 6.45) is 2.06. The molecule has 0 radical (unpaired) electrons. The first-order chi connectivity index (χ1) is 5.55. The Kier molecular flexibility index (Phi) is 2.90. The van der Waals surface area contributed by atoms with Crippen LogP contribution in [-0.2, 0) is 9.84 Å². The first-order valence-electron chi connectivity index (χ1n) is 4.06. The monoisotopic (exact) mass is 190 g/mol. The molecule has 0 spiro atoms. The lowest BCUT2D eigenvalue weighted by molar-refractivity contribution is 0.145. The molecule has 1 atom stereocenters. The molecule has 70 valence electrons. The highest BCUT2D eigenvalue weighted by Gasteiger charge is 2.26. The fraction of sp³-hybridized carbons (Fsp3) is 0.750. The number of aliphatic hydroxyl groups is 1. The molecular formula is C8H14O3S. The first-order valence-corrected chi connectivity index (χ1v) is 5.88. The SMILES string of the molecule is C=CC(O)C1CCS(=O)(=O)CC1. The van der Waals surface area contributed by atoms with Crippen LogP contribution in [0.4, 0.5) is 0 Å². The summed E-state index contributed by atoms with van der Waals surface area (Å²) in [5.74, 6) is 0.511. The Bertz CT molecular complexity index is 241. The molecule has 1 saturated heterocycles. The molecule has 1 aliphatic rings. The summed E-state index contributed by atoms with van der Waals surface area (Å²) in [7, 11) is -2.80. The van der Waals surface area contributed by atoms with Gasteiger partial charge in [-0.2, -0.15) is 0 Å². The lowest BCUT2D eigenvalue weighted by atomic mass is 9.96. The van der Waals surface area contributed by atoms with Gasteiger partial charge < -0.3 is 5.11 Å². The zero-order chi connectivity index (χ0) is 9.19. The Labute approximate surface area is 73.0 Å². The molecule has 1 fully saturated rings. The minimum atomic E-state index is -2.80. The van der Waals surface area contributed by atoms with Crippen LogP contribution in [0.2, 0.25) is 0 Å². The van der Waals surface area contributed by atoms with Crippen LogP contribution in [0, 0.1) is 5.92 Å². The van der Waals surface area contributed by atoms with Crippen molar-refractivity contribution in [1.82, 2.24) is 0 Å². The minimum absolute atomic E-state index is 0.0889. The second kappa shape index (κ2) is 3.58. The number of hydrogen-bond acceptors (Lipinski definition) is 3. The standard InChI is InChI=1S/C8H14O3S/c1-2-8(9)7-3-5-12(10,11)6-4-7/h2,7-9H,1,3-6H2. The summed E-state index contributed by atoms with van der Waals surface area (Å²) < 4.78 is 22.0. The van der Waals surface area contributed by atoms with Crippen molar-refractivity contribution >= 4 is 9.84 Å². The lowest BCUT2D eigenvalue weighted by Crippen LogP contribution is -2.29. The van der Waals surface area contributed by atoms with E-state index in [1.54, 1.807) is 0 Å². The fourth-order valence-corrected chi connectivity index (χ4v) is 2.97. The van der Waals surface area contributed by atoms with E-state index in [1.807, 2.05) is 0 Å². The number of rotatable bonds is 2. The van der Waals surface area contributed by atoms with E-state index in [9.17, 15) is 13.5 Å². The molecule has 0 amide bonds. The van der Waals surface area contributed by atoms with Crippen molar-refractivity contribution in [3.63, 3.8) is 0 Å². The Balaban J connectivity index is 2.51. The van der Waals surface area contributed by atoms with Crippen LogP contribution in [0.1, 0.15) is 12.8 Å². The van der Waals surface area contributed by atoms with Gasteiger partial charge >= 0.3 is 0 Å². The van der Waals surface area contributed by atoms with Crippen molar-refractivity contribution in [3.8, 4) is 0 Å². The number of aliphatic hydroxyl groups excluding tert-OH is 1. The van der Waals surface area contributed by atoms with Crippen molar-refractivity contribution in [2.75, 3.05) is 11.5 Å². The molecule has 0 aromatic heterocycles. The molecule has 0 aromatic rings. The average Bonchev–Trinajstić information content (AvgIpc) is 2.03. The molecule has 3 nitrogen and oxygen atoms in total. The molecule has 1 N–H and O–H groups in total. The molecule has 12 heavy (non-hydrogen) atoms. The van der Waals surface area contributed by atoms with E-state index < -0.39 is 15.9 Å². The summed E-state index contributed by atoms with van der Waals surface area (Å²) in [6.45, 7) is 3.47. The predicted octanol–water partition coefficient (Wildman–Crippen LogP) is 0.358. The van der Waals surface area contributed by atoms with Crippen LogP contribution in [-0.4, -0.2) is 31.1 Å². The van der Waals surface area contributed by atoms with Crippen LogP contribution < -0.4 is 0 Å². The summed E-state index contributed by atoms with van der Waals surface area (Å²) in [5, 5.41) is 9.34. The van der Waals surface area contributed by atoms with E-state index in [2.05, 4.69) is 6.58 Å². The van der Waals surface area contributed by atoms with Crippen LogP contribution in [0.3, 0.4) is 0 Å². The molecule has 0 aromatic carbocycles. The maximum Gasteiger partial charge on any atom is 0.150 e. The molecule has 1 aliphatic heterocycles. The maximum absolute atomic E-state index is 11.0. The van der Waals surface area contributed by atoms with E-state index in [0.29, 0.717) is 12.8 Å². The van der Waals surface area contributed by atoms with Crippen molar-refractivity contribution in [2.45, 2.75) is 18.9 Å². The van der Waals surface area contributed by atoms with Gasteiger partial charge in [-0.15, -0.1) is 6.58 Å². The number of sulfone groups is 1. The second-order valence-corrected chi connectivity index (χ2v) is 5.52. The van der Waals surface area contributed by atoms with Crippen LogP contribution in [0.25, 0.3) is 0 Å². The zero-order valence-corrected chi connectivity index (χ0v) is 7.76. The minimum Gasteiger partial charge on any atom is -0.389 e. The third-order valence-electron chi connectivity index (χ3n) is 2.32. The highest BCUT2D eigenvalue weighted by molar-refractivity contribution is 7.91. The second-order valence-electron chi connectivity index (χ2n) is 3.22. The molecule has 0 aliphatic carbocycles. The van der Waals surface area contributed by atoms with Gasteiger partial charge in [-0.25, -0.2) is 8.42 Å². The average molecular weight is 190 g/mol. The summed E-state index contributed by atoms with van der Waals surface area (Å²) in [4.78, 5) is 0. The molecule has 1 heterocycles. The van der Waals surface area contributed by atoms with Gasteiger partial charge in [0.05, 0.1) is 17.6 Å². The largest absolute Gasteiger partial charge is 0.389 e. The predicted molar refractivity (Wildman–Crippen MR) is 47.6 cm³/mol. The summed E-state index contributed by atoms with van der Waals surface area (Å²) in [5.41, 5.74) is 0. The Morgan fingerprint density at radius 3 is 2.33 bits per heavy atom. The van der Waals surface area contributed by atoms with Gasteiger partial charge in [0, 0.05) is 0 Å². The Morgan fingerprint density at radius 1 is 1.42 bits per heavy atom. The first kappa shape index (κ1) is 9.74. The van der Waals surface area contributed by atoms with E-state index in [0.717, 1.165) is 0 Å². The highest BCUT2D eigenvalue weighted by atomic mass is 32.2. The van der Waals surface area contributed by atoms with E-state index in [1.165, 1.54) is 6.08 Å². The molecule has 0 bridgehead atoms. The quantitative estimate of drug-likeness (QED) is 0.640. The molecule has 1 unspecified atom stereocenters. The zero-order valence-electron chi connectivity index (χ0n) is 6.94. The third kappa shape index (κ3) is 2.32. The van der Waals surface area contributed by atoms with Crippen LogP contribution >= 0.6 is 0 Å². The van der Waals surface area contributed by atoms with E-state index >= 15 is 0 Å². The van der Waals surface area contributed by atoms with Crippen molar-refractivity contribution in [3.05, 3.63) is 12.7 Å². The maximum atomic E-state index is 11.0. The smallest absolute Gasteiger partial charge is 0.150 e. The van der Waals surface area contributed by atoms with Gasteiger partial charge in [0.1, 0.15) is 9.84 Å². The van der Waals surface area contributed by atoms with Gasteiger partial charge in [0.25, 0.3) is 0 Å². The van der Waals surface area contributed by atoms with Gasteiger partial charge in [0.15, 0.2) is 0 Å². The van der Waals surface area contributed by atoms with Gasteiger partial charge in [-0.1, -0.05) is 6.08 Å². The molecular weight excluding hydrogens is 176 g/mol. The van der Waals surface area contributed by atoms with Gasteiger partial charge in [-0.3, -0.25) is 0 Å². The van der Waals surface area contributed by atoms with Crippen molar-refractivity contribution < 1.29 is 13.5 Å². The Hall–Kier alpha value is -0.350. The lowest BCUT2D eigenvalue weighted by Gasteiger charge is -2.24. The van der Waals surface area contributed by atoms with Crippen LogP contribution in [0.15, 0.2) is 12.7 Å². The van der Waals surface area contributed by atoms with Gasteiger partial charge in [-0.05, 0) is 18.8 Å².